The van der Waals surface area contributed by atoms with E-state index in [1.165, 1.54) is 0 Å². The van der Waals surface area contributed by atoms with E-state index >= 15 is 0 Å². The fourth-order valence-corrected chi connectivity index (χ4v) is 0.823. The molecule has 4 heteroatoms. The Kier molecular flexibility index (Phi) is 2.00. The monoisotopic (exact) mass is 136 g/mol. The maximum absolute atomic E-state index is 12.3. The van der Waals surface area contributed by atoms with Gasteiger partial charge in [-0.25, -0.2) is 4.39 Å². The Morgan fingerprint density at radius 3 is 2.56 bits per heavy atom. The van der Waals surface area contributed by atoms with Crippen LogP contribution in [0.3, 0.4) is 0 Å². The van der Waals surface area contributed by atoms with Crippen LogP contribution in [0.15, 0.2) is 0 Å². The predicted molar refractivity (Wildman–Crippen MR) is 27.5 cm³/mol. The molecule has 1 heterocycles. The highest BCUT2D eigenvalue weighted by atomic mass is 19.1. The molecule has 1 rings (SSSR count). The molecular formula is C5H9FO3. The van der Waals surface area contributed by atoms with Gasteiger partial charge in [0.15, 0.2) is 12.5 Å². The van der Waals surface area contributed by atoms with Crippen molar-refractivity contribution in [1.29, 1.82) is 0 Å². The van der Waals surface area contributed by atoms with Crippen LogP contribution in [0.1, 0.15) is 6.42 Å². The Morgan fingerprint density at radius 2 is 2.33 bits per heavy atom. The summed E-state index contributed by atoms with van der Waals surface area (Å²) in [5.74, 6) is 0. The Morgan fingerprint density at radius 1 is 1.67 bits per heavy atom. The molecule has 3 nitrogen and oxygen atoms in total. The Balaban J connectivity index is 2.35. The molecule has 0 amide bonds. The summed E-state index contributed by atoms with van der Waals surface area (Å²) in [7, 11) is 0. The molecular weight excluding hydrogens is 127 g/mol. The van der Waals surface area contributed by atoms with Crippen LogP contribution in [-0.2, 0) is 4.74 Å². The van der Waals surface area contributed by atoms with Gasteiger partial charge in [0.2, 0.25) is 0 Å². The second kappa shape index (κ2) is 2.60. The van der Waals surface area contributed by atoms with Crippen LogP contribution in [0.25, 0.3) is 0 Å². The van der Waals surface area contributed by atoms with E-state index in [-0.39, 0.29) is 13.0 Å². The Hall–Kier alpha value is -0.190. The highest BCUT2D eigenvalue weighted by Crippen LogP contribution is 2.20. The van der Waals surface area contributed by atoms with Gasteiger partial charge in [-0.2, -0.15) is 0 Å². The minimum Gasteiger partial charge on any atom is -0.394 e. The molecule has 0 radical (unpaired) electrons. The van der Waals surface area contributed by atoms with Gasteiger partial charge < -0.3 is 14.9 Å². The first-order valence-corrected chi connectivity index (χ1v) is 2.82. The van der Waals surface area contributed by atoms with Crippen LogP contribution in [0.5, 0.6) is 0 Å². The number of aliphatic hydroxyl groups excluding tert-OH is 2. The molecule has 1 fully saturated rings. The van der Waals surface area contributed by atoms with Crippen LogP contribution in [0.2, 0.25) is 0 Å². The lowest BCUT2D eigenvalue weighted by Crippen LogP contribution is -2.16. The van der Waals surface area contributed by atoms with Crippen molar-refractivity contribution < 1.29 is 19.3 Å². The molecule has 2 N–H and O–H groups in total. The maximum Gasteiger partial charge on any atom is 0.186 e. The van der Waals surface area contributed by atoms with Crippen LogP contribution >= 0.6 is 0 Å². The molecule has 0 aromatic carbocycles. The van der Waals surface area contributed by atoms with E-state index in [1.807, 2.05) is 0 Å². The average molecular weight is 136 g/mol. The fourth-order valence-electron chi connectivity index (χ4n) is 0.823. The number of halogens is 1. The quantitative estimate of drug-likeness (QED) is 0.507. The molecule has 1 unspecified atom stereocenters. The first kappa shape index (κ1) is 6.92. The summed E-state index contributed by atoms with van der Waals surface area (Å²) in [5.41, 5.74) is 0. The number of hydrogen-bond donors (Lipinski definition) is 2. The molecule has 9 heavy (non-hydrogen) atoms. The van der Waals surface area contributed by atoms with Crippen molar-refractivity contribution in [3.05, 3.63) is 0 Å². The SMILES string of the molecule is OC[C@@H]1C[C@H](F)C(O)O1. The van der Waals surface area contributed by atoms with Crippen molar-refractivity contribution in [2.75, 3.05) is 6.61 Å². The van der Waals surface area contributed by atoms with E-state index in [9.17, 15) is 4.39 Å². The smallest absolute Gasteiger partial charge is 0.186 e. The largest absolute Gasteiger partial charge is 0.394 e. The van der Waals surface area contributed by atoms with Crippen molar-refractivity contribution >= 4 is 0 Å². The molecule has 3 atom stereocenters. The second-order valence-electron chi connectivity index (χ2n) is 2.08. The normalized spacial score (nSPS) is 43.7. The molecule has 1 saturated heterocycles. The van der Waals surface area contributed by atoms with Gasteiger partial charge in [0.05, 0.1) is 12.7 Å². The number of aliphatic hydroxyl groups is 2. The summed E-state index contributed by atoms with van der Waals surface area (Å²) in [6.07, 6.45) is -3.09. The highest BCUT2D eigenvalue weighted by molar-refractivity contribution is 4.74. The third kappa shape index (κ3) is 1.38. The van der Waals surface area contributed by atoms with Crippen LogP contribution in [0.4, 0.5) is 4.39 Å². The summed E-state index contributed by atoms with van der Waals surface area (Å²) < 4.78 is 16.8. The molecule has 54 valence electrons. The predicted octanol–water partition coefficient (Wildman–Crippen LogP) is -0.576. The summed E-state index contributed by atoms with van der Waals surface area (Å²) >= 11 is 0. The van der Waals surface area contributed by atoms with Crippen LogP contribution in [0, 0.1) is 0 Å². The van der Waals surface area contributed by atoms with Crippen molar-refractivity contribution in [1.82, 2.24) is 0 Å². The third-order valence-electron chi connectivity index (χ3n) is 1.33. The molecule has 0 spiro atoms. The number of alkyl halides is 1. The van der Waals surface area contributed by atoms with E-state index in [0.29, 0.717) is 0 Å². The van der Waals surface area contributed by atoms with Crippen molar-refractivity contribution in [3.8, 4) is 0 Å². The fraction of sp³-hybridized carbons (Fsp3) is 1.00. The van der Waals surface area contributed by atoms with Gasteiger partial charge in [-0.1, -0.05) is 0 Å². The molecule has 0 saturated carbocycles. The van der Waals surface area contributed by atoms with Gasteiger partial charge in [0, 0.05) is 6.42 Å². The first-order chi connectivity index (χ1) is 4.24. The van der Waals surface area contributed by atoms with Crippen molar-refractivity contribution in [2.24, 2.45) is 0 Å². The molecule has 1 aliphatic rings. The zero-order chi connectivity index (χ0) is 6.85. The van der Waals surface area contributed by atoms with Gasteiger partial charge in [-0.05, 0) is 0 Å². The topological polar surface area (TPSA) is 49.7 Å². The van der Waals surface area contributed by atoms with Crippen LogP contribution in [-0.4, -0.2) is 35.4 Å². The molecule has 0 bridgehead atoms. The third-order valence-corrected chi connectivity index (χ3v) is 1.33. The zero-order valence-corrected chi connectivity index (χ0v) is 4.83. The van der Waals surface area contributed by atoms with Crippen molar-refractivity contribution in [3.63, 3.8) is 0 Å². The average Bonchev–Trinajstić information content (AvgIpc) is 2.13. The highest BCUT2D eigenvalue weighted by Gasteiger charge is 2.33. The van der Waals surface area contributed by atoms with Gasteiger partial charge in [-0.3, -0.25) is 0 Å². The summed E-state index contributed by atoms with van der Waals surface area (Å²) in [6, 6.07) is 0. The van der Waals surface area contributed by atoms with E-state index < -0.39 is 18.6 Å². The van der Waals surface area contributed by atoms with Gasteiger partial charge in [0.1, 0.15) is 0 Å². The minimum atomic E-state index is -1.33. The maximum atomic E-state index is 12.3. The lowest BCUT2D eigenvalue weighted by Gasteiger charge is -2.04. The molecule has 0 aromatic heterocycles. The minimum absolute atomic E-state index is 0.0949. The van der Waals surface area contributed by atoms with E-state index in [1.54, 1.807) is 0 Å². The molecule has 1 aliphatic heterocycles. The standard InChI is InChI=1S/C5H9FO3/c6-4-1-3(2-7)9-5(4)8/h3-5,7-8H,1-2H2/t3-,4-,5?/m0/s1. The second-order valence-corrected chi connectivity index (χ2v) is 2.08. The van der Waals surface area contributed by atoms with Gasteiger partial charge in [0.25, 0.3) is 0 Å². The van der Waals surface area contributed by atoms with E-state index in [0.717, 1.165) is 0 Å². The number of hydrogen-bond acceptors (Lipinski definition) is 3. The first-order valence-electron chi connectivity index (χ1n) is 2.82. The summed E-state index contributed by atoms with van der Waals surface area (Å²) in [6.45, 7) is -0.225. The van der Waals surface area contributed by atoms with Gasteiger partial charge >= 0.3 is 0 Å². The van der Waals surface area contributed by atoms with Crippen molar-refractivity contribution in [2.45, 2.75) is 25.0 Å². The zero-order valence-electron chi connectivity index (χ0n) is 4.83. The summed E-state index contributed by atoms with van der Waals surface area (Å²) in [4.78, 5) is 0. The Labute approximate surface area is 52.1 Å². The number of ether oxygens (including phenoxy) is 1. The number of rotatable bonds is 1. The van der Waals surface area contributed by atoms with E-state index in [4.69, 9.17) is 10.2 Å². The molecule has 0 aromatic rings. The lowest BCUT2D eigenvalue weighted by atomic mass is 10.2. The molecule has 0 aliphatic carbocycles. The van der Waals surface area contributed by atoms with Gasteiger partial charge in [-0.15, -0.1) is 0 Å². The van der Waals surface area contributed by atoms with E-state index in [2.05, 4.69) is 4.74 Å². The van der Waals surface area contributed by atoms with Crippen LogP contribution < -0.4 is 0 Å². The lowest BCUT2D eigenvalue weighted by molar-refractivity contribution is -0.119. The summed E-state index contributed by atoms with van der Waals surface area (Å²) in [5, 5.41) is 17.0. The Bertz CT molecular complexity index is 88.2.